The predicted octanol–water partition coefficient (Wildman–Crippen LogP) is 2.85. The predicted molar refractivity (Wildman–Crippen MR) is 181 cm³/mol. The highest BCUT2D eigenvalue weighted by Gasteiger charge is 2.61. The fourth-order valence-electron chi connectivity index (χ4n) is 8.32. The number of hydrogen-bond acceptors (Lipinski definition) is 15. The van der Waals surface area contributed by atoms with Crippen LogP contribution in [0.5, 0.6) is 0 Å². The molecule has 18 atom stereocenters. The van der Waals surface area contributed by atoms with Gasteiger partial charge in [0.2, 0.25) is 0 Å². The average molecular weight is 743 g/mol. The third-order valence-electron chi connectivity index (χ3n) is 11.5. The number of esters is 1. The number of aliphatic hydroxyl groups excluding tert-OH is 2. The molecule has 0 aromatic carbocycles. The molecule has 2 N–H and O–H groups in total. The number of fused-ring (bicyclic) bond motifs is 1. The van der Waals surface area contributed by atoms with Crippen LogP contribution >= 0.6 is 0 Å². The van der Waals surface area contributed by atoms with Crippen LogP contribution in [0.1, 0.15) is 74.1 Å². The number of cyclic esters (lactones) is 2. The van der Waals surface area contributed by atoms with Crippen molar-refractivity contribution in [3.05, 3.63) is 12.2 Å². The first kappa shape index (κ1) is 41.0. The zero-order valence-corrected chi connectivity index (χ0v) is 31.7. The van der Waals surface area contributed by atoms with Gasteiger partial charge in [0.15, 0.2) is 18.2 Å². The second-order valence-electron chi connectivity index (χ2n) is 15.3. The Morgan fingerprint density at radius 1 is 0.865 bits per heavy atom. The maximum atomic E-state index is 13.4. The molecule has 1 spiro atoms. The van der Waals surface area contributed by atoms with E-state index in [1.807, 2.05) is 20.8 Å². The molecular weight excluding hydrogens is 684 g/mol. The van der Waals surface area contributed by atoms with Crippen molar-refractivity contribution in [2.75, 3.05) is 20.8 Å². The highest BCUT2D eigenvalue weighted by atomic mass is 16.8. The van der Waals surface area contributed by atoms with Gasteiger partial charge in [0.25, 0.3) is 0 Å². The van der Waals surface area contributed by atoms with Crippen LogP contribution in [-0.4, -0.2) is 134 Å². The lowest BCUT2D eigenvalue weighted by atomic mass is 9.82. The van der Waals surface area contributed by atoms with Gasteiger partial charge in [0, 0.05) is 50.9 Å². The van der Waals surface area contributed by atoms with E-state index in [1.54, 1.807) is 33.8 Å². The molecule has 0 bridgehead atoms. The summed E-state index contributed by atoms with van der Waals surface area (Å²) in [4.78, 5) is 38.8. The molecule has 4 fully saturated rings. The number of carbonyl (C=O) groups excluding carboxylic acids is 3. The number of hydrogen-bond donors (Lipinski definition) is 2. The van der Waals surface area contributed by atoms with Gasteiger partial charge < -0.3 is 57.6 Å². The Labute approximate surface area is 305 Å². The van der Waals surface area contributed by atoms with Crippen molar-refractivity contribution in [3.8, 4) is 0 Å². The highest BCUT2D eigenvalue weighted by Crippen LogP contribution is 2.43. The van der Waals surface area contributed by atoms with E-state index in [0.717, 1.165) is 0 Å². The first-order chi connectivity index (χ1) is 24.6. The van der Waals surface area contributed by atoms with Crippen LogP contribution in [0.4, 0.5) is 4.79 Å². The molecule has 0 saturated carbocycles. The Hall–Kier alpha value is -2.21. The van der Waals surface area contributed by atoms with Crippen molar-refractivity contribution in [1.82, 2.24) is 0 Å². The van der Waals surface area contributed by atoms with Crippen LogP contribution < -0.4 is 0 Å². The monoisotopic (exact) mass is 742 g/mol. The normalized spacial score (nSPS) is 48.4. The summed E-state index contributed by atoms with van der Waals surface area (Å²) < 4.78 is 58.6. The SMILES string of the molecule is CO[C@@H]1[C@H](O)[C@@H](C)O[C@@H](OC[C@H]2[C@@H]3O[C@H]3CCC(=O)[C@H](C)C[C@H](C)[C@H](O[C@@H]3O[C@H](C)C[C@@]4(OC(=O)O[C@H]4C)[C@H]3O)[C@@H](C)/C=C/C(=O)O[C@@H]2C)[C@@H]1OC. The Kier molecular flexibility index (Phi) is 13.4. The first-order valence-electron chi connectivity index (χ1n) is 18.6. The smallest absolute Gasteiger partial charge is 0.459 e. The molecule has 5 rings (SSSR count). The van der Waals surface area contributed by atoms with Gasteiger partial charge in [-0.15, -0.1) is 0 Å². The summed E-state index contributed by atoms with van der Waals surface area (Å²) in [5.41, 5.74) is -1.34. The van der Waals surface area contributed by atoms with Crippen molar-refractivity contribution in [3.63, 3.8) is 0 Å². The van der Waals surface area contributed by atoms with Gasteiger partial charge in [0.1, 0.15) is 42.4 Å². The number of carbonyl (C=O) groups is 3. The molecule has 0 amide bonds. The van der Waals surface area contributed by atoms with E-state index in [0.29, 0.717) is 19.3 Å². The molecule has 0 radical (unpaired) electrons. The standard InChI is InChI=1S/C37H58O15/c1-17-10-13-27(39)47-21(5)24(16-45-34-32(44-9)31(43-8)28(40)22(6)48-34)30-26(50-30)12-11-25(38)18(2)14-19(3)29(17)51-35-33(41)37(15-20(4)46-35)23(7)49-36(42)52-37/h10,13,17-24,26,28-35,40-41H,11-12,14-16H2,1-9H3/b13-10+/t17-,18+,19-,20+,21+,22+,23-,24+,26-,28+,29+,30-,31+,32+,33-,34+,35-,37-/m0/s1. The molecule has 0 aliphatic carbocycles. The number of Topliss-reactive ketones (excluding diaryl/α,β-unsaturated/α-hetero) is 1. The van der Waals surface area contributed by atoms with Crippen molar-refractivity contribution in [1.29, 1.82) is 0 Å². The molecule has 0 aromatic rings. The fourth-order valence-corrected chi connectivity index (χ4v) is 8.32. The molecule has 15 nitrogen and oxygen atoms in total. The lowest BCUT2D eigenvalue weighted by Gasteiger charge is -2.46. The number of methoxy groups -OCH3 is 2. The average Bonchev–Trinajstić information content (AvgIpc) is 3.79. The topological polar surface area (TPSA) is 187 Å². The number of rotatable bonds is 7. The van der Waals surface area contributed by atoms with E-state index in [2.05, 4.69) is 0 Å². The summed E-state index contributed by atoms with van der Waals surface area (Å²) >= 11 is 0. The summed E-state index contributed by atoms with van der Waals surface area (Å²) in [6.07, 6.45) is -5.57. The number of aliphatic hydroxyl groups is 2. The zero-order chi connectivity index (χ0) is 38.1. The van der Waals surface area contributed by atoms with Crippen molar-refractivity contribution in [2.45, 2.75) is 159 Å². The molecule has 5 heterocycles. The summed E-state index contributed by atoms with van der Waals surface area (Å²) in [5.74, 6) is -1.81. The van der Waals surface area contributed by atoms with Crippen molar-refractivity contribution in [2.24, 2.45) is 23.7 Å². The number of epoxide rings is 1. The summed E-state index contributed by atoms with van der Waals surface area (Å²) in [5, 5.41) is 22.0. The fraction of sp³-hybridized carbons (Fsp3) is 0.865. The molecule has 0 aromatic heterocycles. The van der Waals surface area contributed by atoms with E-state index < -0.39 is 97.1 Å². The lowest BCUT2D eigenvalue weighted by Crippen LogP contribution is -2.62. The quantitative estimate of drug-likeness (QED) is 0.286. The van der Waals surface area contributed by atoms with Crippen molar-refractivity contribution >= 4 is 17.9 Å². The number of ether oxygens (including phenoxy) is 10. The van der Waals surface area contributed by atoms with E-state index in [1.165, 1.54) is 20.3 Å². The van der Waals surface area contributed by atoms with Crippen LogP contribution in [0.25, 0.3) is 0 Å². The van der Waals surface area contributed by atoms with Crippen LogP contribution in [0.2, 0.25) is 0 Å². The second kappa shape index (κ2) is 17.1. The van der Waals surface area contributed by atoms with Gasteiger partial charge in [-0.05, 0) is 46.5 Å². The van der Waals surface area contributed by atoms with E-state index in [-0.39, 0.29) is 42.9 Å². The van der Waals surface area contributed by atoms with Crippen LogP contribution in [0, 0.1) is 23.7 Å². The summed E-state index contributed by atoms with van der Waals surface area (Å²) in [6.45, 7) is 12.8. The second-order valence-corrected chi connectivity index (χ2v) is 15.3. The molecule has 52 heavy (non-hydrogen) atoms. The zero-order valence-electron chi connectivity index (χ0n) is 31.7. The van der Waals surface area contributed by atoms with Gasteiger partial charge >= 0.3 is 12.1 Å². The van der Waals surface area contributed by atoms with E-state index >= 15 is 0 Å². The third kappa shape index (κ3) is 8.84. The van der Waals surface area contributed by atoms with Gasteiger partial charge in [-0.2, -0.15) is 0 Å². The Bertz CT molecular complexity index is 1280. The molecule has 4 saturated heterocycles. The van der Waals surface area contributed by atoms with Crippen molar-refractivity contribution < 1.29 is 72.0 Å². The van der Waals surface area contributed by atoms with Crippen LogP contribution in [0.3, 0.4) is 0 Å². The minimum absolute atomic E-state index is 0.0832. The van der Waals surface area contributed by atoms with Gasteiger partial charge in [0.05, 0.1) is 37.1 Å². The van der Waals surface area contributed by atoms with Gasteiger partial charge in [-0.1, -0.05) is 26.8 Å². The summed E-state index contributed by atoms with van der Waals surface area (Å²) in [7, 11) is 2.97. The third-order valence-corrected chi connectivity index (χ3v) is 11.5. The molecular formula is C37H58O15. The van der Waals surface area contributed by atoms with Crippen LogP contribution in [0.15, 0.2) is 12.2 Å². The minimum Gasteiger partial charge on any atom is -0.459 e. The van der Waals surface area contributed by atoms with Gasteiger partial charge in [-0.3, -0.25) is 4.79 Å². The molecule has 5 aliphatic heterocycles. The highest BCUT2D eigenvalue weighted by molar-refractivity contribution is 5.82. The Morgan fingerprint density at radius 2 is 1.58 bits per heavy atom. The Morgan fingerprint density at radius 3 is 2.23 bits per heavy atom. The van der Waals surface area contributed by atoms with E-state index in [9.17, 15) is 24.6 Å². The first-order valence-corrected chi connectivity index (χ1v) is 18.6. The molecule has 0 unspecified atom stereocenters. The largest absolute Gasteiger partial charge is 0.509 e. The maximum Gasteiger partial charge on any atom is 0.509 e. The number of ketones is 1. The maximum absolute atomic E-state index is 13.4. The van der Waals surface area contributed by atoms with E-state index in [4.69, 9.17) is 47.4 Å². The van der Waals surface area contributed by atoms with Crippen LogP contribution in [-0.2, 0) is 57.0 Å². The molecule has 15 heteroatoms. The minimum atomic E-state index is -1.35. The molecule has 296 valence electrons. The summed E-state index contributed by atoms with van der Waals surface area (Å²) in [6, 6.07) is 0. The lowest BCUT2D eigenvalue weighted by molar-refractivity contribution is -0.308. The van der Waals surface area contributed by atoms with Gasteiger partial charge in [-0.25, -0.2) is 9.59 Å². The Balaban J connectivity index is 1.33. The molecule has 5 aliphatic rings.